The molecule has 0 aliphatic rings. The second-order valence-electron chi connectivity index (χ2n) is 9.54. The van der Waals surface area contributed by atoms with Gasteiger partial charge in [0.2, 0.25) is 34.8 Å². The van der Waals surface area contributed by atoms with E-state index in [0.29, 0.717) is 5.56 Å². The predicted octanol–water partition coefficient (Wildman–Crippen LogP) is 5.85. The van der Waals surface area contributed by atoms with Crippen molar-refractivity contribution >= 4 is 18.2 Å². The van der Waals surface area contributed by atoms with Gasteiger partial charge in [0.1, 0.15) is 12.2 Å². The molecule has 0 bridgehead atoms. The van der Waals surface area contributed by atoms with Crippen molar-refractivity contribution in [3.05, 3.63) is 101 Å². The summed E-state index contributed by atoms with van der Waals surface area (Å²) in [5, 5.41) is 4.51. The van der Waals surface area contributed by atoms with E-state index >= 15 is 0 Å². The lowest BCUT2D eigenvalue weighted by Crippen LogP contribution is -2.52. The summed E-state index contributed by atoms with van der Waals surface area (Å²) in [6, 6.07) is 12.3. The Morgan fingerprint density at radius 3 is 1.78 bits per heavy atom. The number of ether oxygens (including phenoxy) is 3. The molecule has 0 saturated heterocycles. The summed E-state index contributed by atoms with van der Waals surface area (Å²) in [7, 11) is 0. The van der Waals surface area contributed by atoms with Crippen LogP contribution in [0.15, 0.2) is 60.7 Å². The van der Waals surface area contributed by atoms with E-state index in [1.165, 1.54) is 24.3 Å². The Balaban J connectivity index is 2.00. The molecule has 0 fully saturated rings. The van der Waals surface area contributed by atoms with E-state index in [1.807, 2.05) is 0 Å². The summed E-state index contributed by atoms with van der Waals surface area (Å²) in [6.07, 6.45) is -2.31. The van der Waals surface area contributed by atoms with E-state index in [1.54, 1.807) is 57.2 Å². The molecule has 3 aromatic rings. The van der Waals surface area contributed by atoms with E-state index in [-0.39, 0.29) is 12.2 Å². The molecule has 218 valence electrons. The zero-order valence-electron chi connectivity index (χ0n) is 22.0. The Labute approximate surface area is 231 Å². The number of rotatable bonds is 8. The van der Waals surface area contributed by atoms with Gasteiger partial charge in [-0.3, -0.25) is 0 Å². The highest BCUT2D eigenvalue weighted by molar-refractivity contribution is 5.85. The van der Waals surface area contributed by atoms with Gasteiger partial charge in [0.25, 0.3) is 0 Å². The molecule has 0 radical (unpaired) electrons. The van der Waals surface area contributed by atoms with Crippen molar-refractivity contribution in [1.82, 2.24) is 10.6 Å². The van der Waals surface area contributed by atoms with Crippen LogP contribution in [0.2, 0.25) is 0 Å². The Hall–Kier alpha value is -4.68. The highest BCUT2D eigenvalue weighted by Crippen LogP contribution is 2.30. The van der Waals surface area contributed by atoms with Crippen molar-refractivity contribution in [2.75, 3.05) is 0 Å². The topological polar surface area (TPSA) is 103 Å². The Morgan fingerprint density at radius 2 is 1.24 bits per heavy atom. The van der Waals surface area contributed by atoms with E-state index in [2.05, 4.69) is 15.4 Å². The van der Waals surface area contributed by atoms with Gasteiger partial charge < -0.3 is 24.8 Å². The lowest BCUT2D eigenvalue weighted by atomic mass is 9.99. The molecule has 41 heavy (non-hydrogen) atoms. The molecule has 2 atom stereocenters. The Morgan fingerprint density at radius 1 is 0.732 bits per heavy atom. The van der Waals surface area contributed by atoms with Crippen LogP contribution < -0.4 is 15.4 Å². The first-order chi connectivity index (χ1) is 19.3. The van der Waals surface area contributed by atoms with Gasteiger partial charge in [-0.25, -0.2) is 27.6 Å². The number of hydrogen-bond acceptors (Lipinski definition) is 6. The highest BCUT2D eigenvalue weighted by atomic mass is 19.2. The van der Waals surface area contributed by atoms with Gasteiger partial charge in [-0.1, -0.05) is 60.7 Å². The molecule has 0 spiro atoms. The number of alkyl carbamates (subject to hydrolysis) is 2. The van der Waals surface area contributed by atoms with E-state index in [4.69, 9.17) is 9.47 Å². The van der Waals surface area contributed by atoms with Crippen LogP contribution in [0.4, 0.5) is 31.5 Å². The van der Waals surface area contributed by atoms with Crippen LogP contribution in [0.5, 0.6) is 5.75 Å². The maximum atomic E-state index is 14.3. The number of amides is 2. The zero-order chi connectivity index (χ0) is 30.3. The van der Waals surface area contributed by atoms with Crippen LogP contribution >= 0.6 is 0 Å². The number of hydrogen-bond donors (Lipinski definition) is 2. The first kappa shape index (κ1) is 30.9. The second kappa shape index (κ2) is 13.1. The monoisotopic (exact) mass is 580 g/mol. The average molecular weight is 581 g/mol. The van der Waals surface area contributed by atoms with Crippen molar-refractivity contribution in [3.63, 3.8) is 0 Å². The van der Waals surface area contributed by atoms with Gasteiger partial charge >= 0.3 is 18.2 Å². The maximum Gasteiger partial charge on any atom is 0.408 e. The molecule has 2 N–H and O–H groups in total. The quantitative estimate of drug-likeness (QED) is 0.114. The molecule has 0 unspecified atom stereocenters. The van der Waals surface area contributed by atoms with Crippen LogP contribution in [-0.2, 0) is 20.9 Å². The molecule has 0 aromatic heterocycles. The Kier molecular flexibility index (Phi) is 9.87. The summed E-state index contributed by atoms with van der Waals surface area (Å²) in [5.41, 5.74) is -0.269. The smallest absolute Gasteiger partial charge is 0.408 e. The van der Waals surface area contributed by atoms with E-state index in [9.17, 15) is 36.3 Å². The zero-order valence-corrected chi connectivity index (χ0v) is 22.0. The van der Waals surface area contributed by atoms with Crippen LogP contribution in [0.1, 0.15) is 37.9 Å². The number of nitrogens with one attached hydrogen (secondary N) is 2. The van der Waals surface area contributed by atoms with Gasteiger partial charge in [0.15, 0.2) is 6.04 Å². The van der Waals surface area contributed by atoms with Crippen LogP contribution in [0.25, 0.3) is 0 Å². The molecule has 3 aromatic carbocycles. The molecular formula is C28H25F5N2O6. The third-order valence-electron chi connectivity index (χ3n) is 5.28. The summed E-state index contributed by atoms with van der Waals surface area (Å²) in [4.78, 5) is 38.6. The van der Waals surface area contributed by atoms with E-state index in [0.717, 1.165) is 0 Å². The summed E-state index contributed by atoms with van der Waals surface area (Å²) in [5.74, 6) is -15.6. The number of benzene rings is 3. The van der Waals surface area contributed by atoms with Gasteiger partial charge in [-0.2, -0.15) is 8.78 Å². The first-order valence-corrected chi connectivity index (χ1v) is 12.0. The number of esters is 1. The third kappa shape index (κ3) is 8.16. The predicted molar refractivity (Wildman–Crippen MR) is 134 cm³/mol. The standard InChI is InChI=1S/C28H25F5N2O6/c1-28(2,3)41-27(38)34-22(16-12-8-5-9-13-16)23(35-26(37)39-14-15-10-6-4-7-11-15)25(36)40-24-20(32)18(30)17(29)19(31)21(24)33/h4-13,22-23H,14H2,1-3H3,(H,34,38)(H,35,37)/t22-,23+/m1/s1. The molecule has 0 heterocycles. The molecule has 8 nitrogen and oxygen atoms in total. The lowest BCUT2D eigenvalue weighted by molar-refractivity contribution is -0.138. The fourth-order valence-corrected chi connectivity index (χ4v) is 3.46. The summed E-state index contributed by atoms with van der Waals surface area (Å²) >= 11 is 0. The molecule has 13 heteroatoms. The number of carbonyl (C=O) groups excluding carboxylic acids is 3. The van der Waals surface area contributed by atoms with Crippen molar-refractivity contribution in [2.24, 2.45) is 0 Å². The van der Waals surface area contributed by atoms with Crippen molar-refractivity contribution < 1.29 is 50.5 Å². The highest BCUT2D eigenvalue weighted by Gasteiger charge is 2.38. The third-order valence-corrected chi connectivity index (χ3v) is 5.28. The number of halogens is 5. The van der Waals surface area contributed by atoms with Crippen molar-refractivity contribution in [1.29, 1.82) is 0 Å². The summed E-state index contributed by atoms with van der Waals surface area (Å²) < 4.78 is 84.6. The van der Waals surface area contributed by atoms with Gasteiger partial charge in [0.05, 0.1) is 6.04 Å². The molecular weight excluding hydrogens is 555 g/mol. The minimum atomic E-state index is -2.47. The average Bonchev–Trinajstić information content (AvgIpc) is 2.94. The molecule has 0 aliphatic carbocycles. The molecule has 0 saturated carbocycles. The fraction of sp³-hybridized carbons (Fsp3) is 0.250. The first-order valence-electron chi connectivity index (χ1n) is 12.0. The maximum absolute atomic E-state index is 14.3. The minimum absolute atomic E-state index is 0.168. The summed E-state index contributed by atoms with van der Waals surface area (Å²) in [6.45, 7) is 4.40. The minimum Gasteiger partial charge on any atom is -0.445 e. The molecule has 0 aliphatic heterocycles. The van der Waals surface area contributed by atoms with Crippen molar-refractivity contribution in [3.8, 4) is 5.75 Å². The lowest BCUT2D eigenvalue weighted by Gasteiger charge is -2.29. The van der Waals surface area contributed by atoms with Crippen LogP contribution in [0.3, 0.4) is 0 Å². The van der Waals surface area contributed by atoms with Gasteiger partial charge in [-0.15, -0.1) is 0 Å². The normalized spacial score (nSPS) is 12.6. The largest absolute Gasteiger partial charge is 0.445 e. The van der Waals surface area contributed by atoms with Crippen LogP contribution in [-0.4, -0.2) is 29.8 Å². The van der Waals surface area contributed by atoms with Gasteiger partial charge in [0, 0.05) is 0 Å². The SMILES string of the molecule is CC(C)(C)OC(=O)N[C@H](c1ccccc1)[C@H](NC(=O)OCc1ccccc1)C(=O)Oc1c(F)c(F)c(F)c(F)c1F. The fourth-order valence-electron chi connectivity index (χ4n) is 3.46. The van der Waals surface area contributed by atoms with Crippen LogP contribution in [0, 0.1) is 29.1 Å². The van der Waals surface area contributed by atoms with Gasteiger partial charge in [-0.05, 0) is 31.9 Å². The van der Waals surface area contributed by atoms with Crippen molar-refractivity contribution in [2.45, 2.75) is 45.1 Å². The Bertz CT molecular complexity index is 1370. The van der Waals surface area contributed by atoms with E-state index < -0.39 is 70.7 Å². The molecule has 3 rings (SSSR count). The number of carbonyl (C=O) groups is 3. The molecule has 2 amide bonds. The second-order valence-corrected chi connectivity index (χ2v) is 9.54.